The van der Waals surface area contributed by atoms with Crippen LogP contribution in [0.3, 0.4) is 0 Å². The molecule has 2 heterocycles. The molecule has 0 aliphatic carbocycles. The number of guanidine groups is 1. The summed E-state index contributed by atoms with van der Waals surface area (Å²) in [5.41, 5.74) is 40.6. The molecule has 11 amide bonds. The summed E-state index contributed by atoms with van der Waals surface area (Å²) in [5, 5.41) is 27.6. The quantitative estimate of drug-likeness (QED) is 0.0205. The number of carbonyl (C=O) groups excluding carboxylic acids is 11. The third kappa shape index (κ3) is 20.1. The van der Waals surface area contributed by atoms with Crippen LogP contribution in [0.4, 0.5) is 5.69 Å². The van der Waals surface area contributed by atoms with Crippen LogP contribution in [0.5, 0.6) is 5.75 Å². The van der Waals surface area contributed by atoms with Crippen LogP contribution in [0.2, 0.25) is 0 Å². The Morgan fingerprint density at radius 3 is 1.86 bits per heavy atom. The number of likely N-dealkylation sites (tertiary alicyclic amines) is 1. The number of hydrogen-bond acceptors (Lipinski definition) is 17. The van der Waals surface area contributed by atoms with E-state index in [-0.39, 0.29) is 68.4 Å². The van der Waals surface area contributed by atoms with Crippen molar-refractivity contribution in [3.05, 3.63) is 59.7 Å². The van der Waals surface area contributed by atoms with Crippen LogP contribution in [-0.2, 0) is 65.6 Å². The molecule has 28 nitrogen and oxygen atoms in total. The van der Waals surface area contributed by atoms with Gasteiger partial charge < -0.3 is 87.4 Å². The van der Waals surface area contributed by atoms with Crippen molar-refractivity contribution in [2.75, 3.05) is 36.9 Å². The maximum absolute atomic E-state index is 14.6. The second kappa shape index (κ2) is 29.9. The van der Waals surface area contributed by atoms with E-state index in [9.17, 15) is 57.8 Å². The van der Waals surface area contributed by atoms with Crippen molar-refractivity contribution in [3.63, 3.8) is 0 Å². The number of carbonyl (C=O) groups is 11. The van der Waals surface area contributed by atoms with Crippen LogP contribution >= 0.6 is 21.6 Å². The fourth-order valence-corrected chi connectivity index (χ4v) is 10.1. The second-order valence-electron chi connectivity index (χ2n) is 17.9. The predicted molar refractivity (Wildman–Crippen MR) is 280 cm³/mol. The monoisotopic (exact) mass is 1100 g/mol. The third-order valence-corrected chi connectivity index (χ3v) is 14.2. The molecule has 0 saturated carbocycles. The first-order chi connectivity index (χ1) is 36.0. The van der Waals surface area contributed by atoms with E-state index >= 15 is 0 Å². The standard InChI is InChI=1S/C46H66N16O12S2/c47-25-9-5-23(6-10-25)17-31-41(70)56-29(13-14-35(49)64)40(69)60-32(19-36(50)65)43(72)61-33(22-76-75-21-27(48)38(67)58-30(42(71)59-31)18-24-7-11-26(63)12-8-24)45(74)62-16-2-4-34(62)44(73)57-28(3-1-15-54-46(52)53)39(68)55-20-37(51)66/h5-12,27-34,63H,1-4,13-22,47-48H2,(H2,49,64)(H2,50,65)(H2,51,66)(H,55,68)(H,56,70)(H,57,73)(H,58,67)(H,59,71)(H,60,69)(H,61,72)(H4,52,53,54). The van der Waals surface area contributed by atoms with Gasteiger partial charge in [0.2, 0.25) is 65.0 Å². The number of nitrogens with two attached hydrogens (primary N) is 7. The molecule has 22 N–H and O–H groups in total. The van der Waals surface area contributed by atoms with Crippen LogP contribution in [0, 0.1) is 0 Å². The van der Waals surface area contributed by atoms with Crippen molar-refractivity contribution in [2.24, 2.45) is 39.4 Å². The summed E-state index contributed by atoms with van der Waals surface area (Å²) in [4.78, 5) is 154. The van der Waals surface area contributed by atoms with Gasteiger partial charge in [-0.05, 0) is 67.5 Å². The SMILES string of the molecule is NC(=O)CCC1NC(=O)C(Cc2ccc(N)cc2)NC(=O)C(Cc2ccc(O)cc2)NC(=O)C(N)CSSCC(C(=O)N2CCCC2C(=O)NC(CCCN=C(N)N)C(=O)NCC(N)=O)NC(=O)C(CC(N)=O)NC1=O. The van der Waals surface area contributed by atoms with E-state index in [0.29, 0.717) is 23.2 Å². The summed E-state index contributed by atoms with van der Waals surface area (Å²) in [7, 11) is 1.98. The highest BCUT2D eigenvalue weighted by Gasteiger charge is 2.40. The number of anilines is 1. The van der Waals surface area contributed by atoms with Gasteiger partial charge in [0, 0.05) is 49.5 Å². The molecule has 0 bridgehead atoms. The molecule has 4 rings (SSSR count). The first-order valence-electron chi connectivity index (χ1n) is 23.9. The van der Waals surface area contributed by atoms with Crippen LogP contribution in [-0.4, -0.2) is 160 Å². The van der Waals surface area contributed by atoms with Crippen LogP contribution < -0.4 is 77.4 Å². The third-order valence-electron chi connectivity index (χ3n) is 11.8. The zero-order chi connectivity index (χ0) is 56.1. The summed E-state index contributed by atoms with van der Waals surface area (Å²) in [5.74, 6) is -10.7. The van der Waals surface area contributed by atoms with Gasteiger partial charge in [-0.25, -0.2) is 0 Å². The molecule has 414 valence electrons. The zero-order valence-corrected chi connectivity index (χ0v) is 43.0. The molecule has 2 aliphatic rings. The van der Waals surface area contributed by atoms with E-state index < -0.39 is 139 Å². The predicted octanol–water partition coefficient (Wildman–Crippen LogP) is -5.82. The van der Waals surface area contributed by atoms with E-state index in [1.165, 1.54) is 29.2 Å². The first kappa shape index (κ1) is 60.7. The summed E-state index contributed by atoms with van der Waals surface area (Å²) >= 11 is 0. The Labute approximate surface area is 444 Å². The van der Waals surface area contributed by atoms with Crippen molar-refractivity contribution >= 4 is 98.2 Å². The Balaban J connectivity index is 1.72. The van der Waals surface area contributed by atoms with E-state index in [0.717, 1.165) is 21.6 Å². The number of nitrogens with zero attached hydrogens (tertiary/aromatic N) is 2. The van der Waals surface area contributed by atoms with E-state index in [4.69, 9.17) is 40.1 Å². The Hall–Kier alpha value is -7.86. The Kier molecular flexibility index (Phi) is 23.9. The number of benzene rings is 2. The van der Waals surface area contributed by atoms with Gasteiger partial charge in [-0.15, -0.1) is 0 Å². The molecular weight excluding hydrogens is 1030 g/mol. The fourth-order valence-electron chi connectivity index (χ4n) is 7.84. The number of aliphatic imine (C=N–C) groups is 1. The van der Waals surface area contributed by atoms with Crippen LogP contribution in [0.15, 0.2) is 53.5 Å². The average Bonchev–Trinajstić information content (AvgIpc) is 3.86. The first-order valence-corrected chi connectivity index (χ1v) is 26.4. The minimum Gasteiger partial charge on any atom is -0.508 e. The number of hydrogen-bond donors (Lipinski definition) is 15. The molecule has 30 heteroatoms. The van der Waals surface area contributed by atoms with Gasteiger partial charge in [0.1, 0.15) is 48.0 Å². The molecule has 2 saturated heterocycles. The van der Waals surface area contributed by atoms with Gasteiger partial charge >= 0.3 is 0 Å². The van der Waals surface area contributed by atoms with Gasteiger partial charge in [0.05, 0.1) is 19.0 Å². The van der Waals surface area contributed by atoms with E-state index in [2.05, 4.69) is 42.2 Å². The second-order valence-corrected chi connectivity index (χ2v) is 20.4. The molecule has 0 radical (unpaired) electrons. The number of nitrogens with one attached hydrogen (secondary N) is 7. The lowest BCUT2D eigenvalue weighted by atomic mass is 10.0. The summed E-state index contributed by atoms with van der Waals surface area (Å²) in [6, 6.07) is 0.451. The molecule has 2 fully saturated rings. The normalized spacial score (nSPS) is 22.5. The van der Waals surface area contributed by atoms with Gasteiger partial charge in [-0.2, -0.15) is 0 Å². The number of rotatable bonds is 19. The molecule has 0 spiro atoms. The molecule has 8 atom stereocenters. The smallest absolute Gasteiger partial charge is 0.246 e. The summed E-state index contributed by atoms with van der Waals surface area (Å²) in [6.07, 6.45) is -1.52. The highest BCUT2D eigenvalue weighted by molar-refractivity contribution is 8.76. The van der Waals surface area contributed by atoms with E-state index in [1.807, 2.05) is 0 Å². The largest absolute Gasteiger partial charge is 0.508 e. The Bertz CT molecular complexity index is 2470. The lowest BCUT2D eigenvalue weighted by Crippen LogP contribution is -2.61. The number of phenols is 1. The van der Waals surface area contributed by atoms with Gasteiger partial charge in [0.25, 0.3) is 0 Å². The minimum absolute atomic E-state index is 0.00298. The summed E-state index contributed by atoms with van der Waals surface area (Å²) < 4.78 is 0. The van der Waals surface area contributed by atoms with Crippen LogP contribution in [0.1, 0.15) is 56.1 Å². The Morgan fingerprint density at radius 1 is 0.711 bits per heavy atom. The highest BCUT2D eigenvalue weighted by atomic mass is 33.1. The van der Waals surface area contributed by atoms with Crippen molar-refractivity contribution in [1.82, 2.24) is 42.1 Å². The molecular formula is C46H66N16O12S2. The van der Waals surface area contributed by atoms with Crippen molar-refractivity contribution in [2.45, 2.75) is 106 Å². The zero-order valence-electron chi connectivity index (χ0n) is 41.3. The minimum atomic E-state index is -1.81. The molecule has 2 aromatic rings. The number of nitrogen functional groups attached to an aromatic ring is 1. The number of amides is 11. The van der Waals surface area contributed by atoms with Crippen molar-refractivity contribution in [3.8, 4) is 5.75 Å². The number of phenolic OH excluding ortho intramolecular Hbond substituents is 1. The molecule has 8 unspecified atom stereocenters. The van der Waals surface area contributed by atoms with Gasteiger partial charge in [-0.1, -0.05) is 45.9 Å². The summed E-state index contributed by atoms with van der Waals surface area (Å²) in [6.45, 7) is -0.455. The Morgan fingerprint density at radius 2 is 1.26 bits per heavy atom. The maximum atomic E-state index is 14.6. The maximum Gasteiger partial charge on any atom is 0.246 e. The molecule has 2 aliphatic heterocycles. The number of aromatic hydroxyl groups is 1. The number of primary amides is 3. The average molecular weight is 1100 g/mol. The molecule has 2 aromatic carbocycles. The lowest BCUT2D eigenvalue weighted by Gasteiger charge is -2.31. The van der Waals surface area contributed by atoms with Crippen LogP contribution in [0.25, 0.3) is 0 Å². The fraction of sp³-hybridized carbons (Fsp3) is 0.478. The van der Waals surface area contributed by atoms with E-state index in [1.54, 1.807) is 24.3 Å². The van der Waals surface area contributed by atoms with Gasteiger partial charge in [-0.3, -0.25) is 57.7 Å². The topological polar surface area (TPSA) is 490 Å². The van der Waals surface area contributed by atoms with Crippen molar-refractivity contribution < 1.29 is 57.8 Å². The van der Waals surface area contributed by atoms with Crippen molar-refractivity contribution in [1.29, 1.82) is 0 Å². The molecule has 0 aromatic heterocycles. The highest BCUT2D eigenvalue weighted by Crippen LogP contribution is 2.26. The molecule has 76 heavy (non-hydrogen) atoms. The van der Waals surface area contributed by atoms with Gasteiger partial charge in [0.15, 0.2) is 5.96 Å². The lowest BCUT2D eigenvalue weighted by molar-refractivity contribution is -0.142.